The fourth-order valence-corrected chi connectivity index (χ4v) is 2.49. The zero-order valence-corrected chi connectivity index (χ0v) is 14.2. The first-order chi connectivity index (χ1) is 11.4. The van der Waals surface area contributed by atoms with E-state index >= 15 is 0 Å². The van der Waals surface area contributed by atoms with Crippen LogP contribution in [0.1, 0.15) is 19.4 Å². The molecule has 3 aromatic rings. The normalized spacial score (nSPS) is 11.8. The maximum atomic E-state index is 9.59. The summed E-state index contributed by atoms with van der Waals surface area (Å²) < 4.78 is 13.2. The molecular formula is C19H22N2O3. The van der Waals surface area contributed by atoms with Gasteiger partial charge in [0.1, 0.15) is 11.5 Å². The molecule has 0 saturated carbocycles. The quantitative estimate of drug-likeness (QED) is 0.698. The minimum absolute atomic E-state index is 0.413. The number of ether oxygens (including phenoxy) is 2. The Labute approximate surface area is 141 Å². The molecule has 1 aromatic heterocycles. The van der Waals surface area contributed by atoms with Crippen LogP contribution < -0.4 is 4.74 Å². The Morgan fingerprint density at radius 3 is 2.67 bits per heavy atom. The van der Waals surface area contributed by atoms with E-state index in [0.717, 1.165) is 28.1 Å². The third-order valence-corrected chi connectivity index (χ3v) is 3.61. The van der Waals surface area contributed by atoms with Crippen LogP contribution in [0.25, 0.3) is 11.0 Å². The summed E-state index contributed by atoms with van der Waals surface area (Å²) >= 11 is 0. The molecule has 1 heterocycles. The van der Waals surface area contributed by atoms with Gasteiger partial charge >= 0.3 is 0 Å². The molecule has 2 aromatic carbocycles. The van der Waals surface area contributed by atoms with Crippen molar-refractivity contribution in [2.45, 2.75) is 33.1 Å². The van der Waals surface area contributed by atoms with Crippen LogP contribution >= 0.6 is 0 Å². The maximum Gasteiger partial charge on any atom is 0.159 e. The van der Waals surface area contributed by atoms with E-state index in [2.05, 4.69) is 4.98 Å². The summed E-state index contributed by atoms with van der Waals surface area (Å²) in [5.74, 6) is 0.448. The van der Waals surface area contributed by atoms with Gasteiger partial charge in [0.15, 0.2) is 5.79 Å². The van der Waals surface area contributed by atoms with E-state index in [0.29, 0.717) is 13.2 Å². The highest BCUT2D eigenvalue weighted by Gasteiger charge is 2.12. The molecule has 0 aliphatic carbocycles. The van der Waals surface area contributed by atoms with Crippen molar-refractivity contribution in [3.63, 3.8) is 0 Å². The molecule has 0 unspecified atom stereocenters. The lowest BCUT2D eigenvalue weighted by Gasteiger charge is -2.18. The van der Waals surface area contributed by atoms with Crippen molar-refractivity contribution < 1.29 is 14.6 Å². The van der Waals surface area contributed by atoms with Crippen molar-refractivity contribution in [1.82, 2.24) is 9.55 Å². The zero-order chi connectivity index (χ0) is 17.2. The molecule has 5 nitrogen and oxygen atoms in total. The van der Waals surface area contributed by atoms with E-state index in [1.165, 1.54) is 0 Å². The van der Waals surface area contributed by atoms with Crippen molar-refractivity contribution in [1.29, 1.82) is 0 Å². The van der Waals surface area contributed by atoms with Gasteiger partial charge in [0.25, 0.3) is 0 Å². The van der Waals surface area contributed by atoms with Crippen LogP contribution in [-0.4, -0.2) is 27.1 Å². The van der Waals surface area contributed by atoms with Crippen LogP contribution in [-0.2, 0) is 11.3 Å². The molecule has 0 atom stereocenters. The molecule has 24 heavy (non-hydrogen) atoms. The van der Waals surface area contributed by atoms with E-state index in [4.69, 9.17) is 9.47 Å². The summed E-state index contributed by atoms with van der Waals surface area (Å²) in [4.78, 5) is 4.42. The Hall–Kier alpha value is -2.37. The topological polar surface area (TPSA) is 56.5 Å². The van der Waals surface area contributed by atoms with Gasteiger partial charge in [-0.3, -0.25) is 0 Å². The number of imidazole rings is 1. The molecule has 0 fully saturated rings. The van der Waals surface area contributed by atoms with Crippen LogP contribution in [0, 0.1) is 6.92 Å². The highest BCUT2D eigenvalue weighted by molar-refractivity contribution is 5.77. The summed E-state index contributed by atoms with van der Waals surface area (Å²) in [5, 5.41) is 9.59. The van der Waals surface area contributed by atoms with Crippen molar-refractivity contribution in [3.05, 3.63) is 54.4 Å². The van der Waals surface area contributed by atoms with Crippen molar-refractivity contribution in [2.75, 3.05) is 6.61 Å². The molecule has 0 aliphatic heterocycles. The lowest BCUT2D eigenvalue weighted by atomic mass is 10.2. The number of hydrogen-bond acceptors (Lipinski definition) is 4. The van der Waals surface area contributed by atoms with Gasteiger partial charge in [-0.2, -0.15) is 0 Å². The first-order valence-electron chi connectivity index (χ1n) is 7.96. The molecular weight excluding hydrogens is 304 g/mol. The fraction of sp³-hybridized carbons (Fsp3) is 0.316. The van der Waals surface area contributed by atoms with E-state index in [1.807, 2.05) is 54.0 Å². The van der Waals surface area contributed by atoms with Crippen molar-refractivity contribution in [2.24, 2.45) is 0 Å². The monoisotopic (exact) mass is 326 g/mol. The minimum atomic E-state index is -1.12. The predicted octanol–water partition coefficient (Wildman–Crippen LogP) is 3.88. The lowest BCUT2D eigenvalue weighted by molar-refractivity contribution is -0.177. The Morgan fingerprint density at radius 1 is 1.12 bits per heavy atom. The minimum Gasteiger partial charge on any atom is -0.457 e. The molecule has 5 heteroatoms. The highest BCUT2D eigenvalue weighted by Crippen LogP contribution is 2.25. The summed E-state index contributed by atoms with van der Waals surface area (Å²) in [6.45, 7) is 6.31. The first-order valence-corrected chi connectivity index (χ1v) is 7.96. The van der Waals surface area contributed by atoms with E-state index in [9.17, 15) is 5.11 Å². The number of benzene rings is 2. The van der Waals surface area contributed by atoms with E-state index < -0.39 is 5.79 Å². The molecule has 0 amide bonds. The summed E-state index contributed by atoms with van der Waals surface area (Å²) in [6, 6.07) is 13.8. The molecule has 1 N–H and O–H groups in total. The Bertz CT molecular complexity index is 834. The van der Waals surface area contributed by atoms with E-state index in [-0.39, 0.29) is 0 Å². The summed E-state index contributed by atoms with van der Waals surface area (Å²) in [6.07, 6.45) is 1.77. The Balaban J connectivity index is 1.73. The van der Waals surface area contributed by atoms with Gasteiger partial charge in [0.2, 0.25) is 0 Å². The fourth-order valence-electron chi connectivity index (χ4n) is 2.49. The maximum absolute atomic E-state index is 9.59. The van der Waals surface area contributed by atoms with Crippen LogP contribution in [0.4, 0.5) is 0 Å². The summed E-state index contributed by atoms with van der Waals surface area (Å²) in [5.41, 5.74) is 3.03. The van der Waals surface area contributed by atoms with Gasteiger partial charge in [-0.05, 0) is 50.6 Å². The number of hydrogen-bond donors (Lipinski definition) is 1. The first kappa shape index (κ1) is 16.5. The number of aryl methyl sites for hydroxylation is 1. The number of aliphatic hydroxyl groups is 1. The smallest absolute Gasteiger partial charge is 0.159 e. The van der Waals surface area contributed by atoms with Crippen LogP contribution in [0.2, 0.25) is 0 Å². The largest absolute Gasteiger partial charge is 0.457 e. The second-order valence-electron chi connectivity index (χ2n) is 6.30. The van der Waals surface area contributed by atoms with Crippen LogP contribution in [0.15, 0.2) is 48.8 Å². The number of aromatic nitrogens is 2. The van der Waals surface area contributed by atoms with Gasteiger partial charge in [0.05, 0.1) is 24.0 Å². The van der Waals surface area contributed by atoms with Gasteiger partial charge in [-0.1, -0.05) is 12.1 Å². The number of fused-ring (bicyclic) bond motifs is 1. The van der Waals surface area contributed by atoms with E-state index in [1.54, 1.807) is 20.2 Å². The molecule has 0 aliphatic rings. The highest BCUT2D eigenvalue weighted by atomic mass is 16.6. The SMILES string of the molecule is Cc1cccc(Oc2ccc3c(c2)ncn3CCOC(C)(C)O)c1. The van der Waals surface area contributed by atoms with Gasteiger partial charge in [0, 0.05) is 12.6 Å². The van der Waals surface area contributed by atoms with Crippen LogP contribution in [0.5, 0.6) is 11.5 Å². The Morgan fingerprint density at radius 2 is 1.92 bits per heavy atom. The van der Waals surface area contributed by atoms with Crippen LogP contribution in [0.3, 0.4) is 0 Å². The van der Waals surface area contributed by atoms with Gasteiger partial charge in [-0.25, -0.2) is 4.98 Å². The molecule has 126 valence electrons. The molecule has 0 spiro atoms. The lowest BCUT2D eigenvalue weighted by Crippen LogP contribution is -2.25. The third kappa shape index (κ3) is 4.13. The van der Waals surface area contributed by atoms with Crippen molar-refractivity contribution >= 4 is 11.0 Å². The Kier molecular flexibility index (Phi) is 4.55. The predicted molar refractivity (Wildman–Crippen MR) is 93.2 cm³/mol. The average Bonchev–Trinajstić information content (AvgIpc) is 2.88. The average molecular weight is 326 g/mol. The van der Waals surface area contributed by atoms with Crippen molar-refractivity contribution in [3.8, 4) is 11.5 Å². The molecule has 3 rings (SSSR count). The molecule has 0 bridgehead atoms. The standard InChI is InChI=1S/C19H22N2O3/c1-14-5-4-6-15(11-14)24-16-7-8-18-17(12-16)20-13-21(18)9-10-23-19(2,3)22/h4-8,11-13,22H,9-10H2,1-3H3. The van der Waals surface area contributed by atoms with Gasteiger partial charge in [-0.15, -0.1) is 0 Å². The number of nitrogens with zero attached hydrogens (tertiary/aromatic N) is 2. The van der Waals surface area contributed by atoms with Gasteiger partial charge < -0.3 is 19.1 Å². The zero-order valence-electron chi connectivity index (χ0n) is 14.2. The second kappa shape index (κ2) is 6.63. The summed E-state index contributed by atoms with van der Waals surface area (Å²) in [7, 11) is 0. The second-order valence-corrected chi connectivity index (χ2v) is 6.30. The molecule has 0 radical (unpaired) electrons. The number of rotatable bonds is 6. The third-order valence-electron chi connectivity index (χ3n) is 3.61. The molecule has 0 saturated heterocycles.